The molecular weight excluding hydrogens is 489 g/mol. The van der Waals surface area contributed by atoms with Gasteiger partial charge < -0.3 is 0 Å². The smallest absolute Gasteiger partial charge is 0.240 e. The molecule has 0 aliphatic carbocycles. The van der Waals surface area contributed by atoms with Crippen molar-refractivity contribution in [3.63, 3.8) is 0 Å². The third-order valence-corrected chi connectivity index (χ3v) is 16.9. The number of hydrogen-bond donors (Lipinski definition) is 2. The fourth-order valence-corrected chi connectivity index (χ4v) is 16.2. The Labute approximate surface area is 195 Å². The molecule has 2 aromatic carbocycles. The molecule has 0 aromatic heterocycles. The van der Waals surface area contributed by atoms with Gasteiger partial charge in [0.25, 0.3) is 0 Å². The van der Waals surface area contributed by atoms with Gasteiger partial charge in [0.1, 0.15) is 0 Å². The van der Waals surface area contributed by atoms with Crippen LogP contribution < -0.4 is 9.44 Å². The highest BCUT2D eigenvalue weighted by atomic mass is 32.4. The van der Waals surface area contributed by atoms with Crippen LogP contribution in [0, 0.1) is 0 Å². The summed E-state index contributed by atoms with van der Waals surface area (Å²) in [5.74, 6) is 1.71. The van der Waals surface area contributed by atoms with Gasteiger partial charge in [0, 0.05) is 24.6 Å². The van der Waals surface area contributed by atoms with Gasteiger partial charge in [0.15, 0.2) is 0 Å². The third kappa shape index (κ3) is 6.96. The van der Waals surface area contributed by atoms with Gasteiger partial charge in [-0.3, -0.25) is 3.63 Å². The first kappa shape index (κ1) is 25.5. The Kier molecular flexibility index (Phi) is 8.35. The quantitative estimate of drug-likeness (QED) is 0.418. The average Bonchev–Trinajstić information content (AvgIpc) is 2.75. The Hall–Kier alpha value is -1.08. The fraction of sp³-hybridized carbons (Fsp3) is 0.429. The van der Waals surface area contributed by atoms with E-state index in [-0.39, 0.29) is 9.79 Å². The maximum atomic E-state index is 12.3. The molecule has 7 nitrogen and oxygen atoms in total. The van der Waals surface area contributed by atoms with Crippen molar-refractivity contribution in [1.29, 1.82) is 0 Å². The molecule has 0 bridgehead atoms. The van der Waals surface area contributed by atoms with Crippen molar-refractivity contribution < 1.29 is 20.5 Å². The predicted octanol–water partition coefficient (Wildman–Crippen LogP) is 3.41. The summed E-state index contributed by atoms with van der Waals surface area (Å²) in [6.45, 7) is 0.771. The van der Waals surface area contributed by atoms with Crippen LogP contribution in [0.2, 0.25) is 0 Å². The average molecular weight is 521 g/mol. The first-order valence-electron chi connectivity index (χ1n) is 10.3. The second-order valence-corrected chi connectivity index (χ2v) is 18.7. The number of sulfonamides is 2. The zero-order valence-corrected chi connectivity index (χ0v) is 21.7. The van der Waals surface area contributed by atoms with E-state index in [1.54, 1.807) is 60.7 Å². The van der Waals surface area contributed by atoms with Crippen LogP contribution >= 0.6 is 20.6 Å². The van der Waals surface area contributed by atoms with E-state index in [9.17, 15) is 16.8 Å². The molecule has 1 aliphatic rings. The lowest BCUT2D eigenvalue weighted by atomic mass is 10.4. The molecule has 11 heteroatoms. The molecule has 0 amide bonds. The number of benzene rings is 2. The maximum absolute atomic E-state index is 12.3. The first-order valence-corrected chi connectivity index (χ1v) is 17.9. The zero-order chi connectivity index (χ0) is 23.3. The number of rotatable bonds is 12. The molecule has 2 atom stereocenters. The van der Waals surface area contributed by atoms with E-state index in [2.05, 4.69) is 22.0 Å². The van der Waals surface area contributed by atoms with Gasteiger partial charge in [0.2, 0.25) is 20.0 Å². The topological polar surface area (TPSA) is 102 Å². The van der Waals surface area contributed by atoms with Crippen molar-refractivity contribution in [2.45, 2.75) is 22.6 Å². The summed E-state index contributed by atoms with van der Waals surface area (Å²) >= 11 is 0. The predicted molar refractivity (Wildman–Crippen MR) is 135 cm³/mol. The molecule has 180 valence electrons. The minimum absolute atomic E-state index is 0.276. The summed E-state index contributed by atoms with van der Waals surface area (Å²) in [6.07, 6.45) is 5.74. The van der Waals surface area contributed by atoms with Crippen LogP contribution in [-0.4, -0.2) is 59.0 Å². The molecule has 2 aromatic rings. The molecule has 32 heavy (non-hydrogen) atoms. The summed E-state index contributed by atoms with van der Waals surface area (Å²) in [6, 6.07) is 16.7. The van der Waals surface area contributed by atoms with Crippen LogP contribution in [-0.2, 0) is 23.7 Å². The molecule has 3 rings (SSSR count). The second-order valence-electron chi connectivity index (χ2n) is 8.09. The van der Waals surface area contributed by atoms with Crippen LogP contribution in [0.4, 0.5) is 0 Å². The Balaban J connectivity index is 1.35. The van der Waals surface area contributed by atoms with Gasteiger partial charge in [0.05, 0.1) is 14.9 Å². The Morgan fingerprint density at radius 2 is 1.06 bits per heavy atom. The lowest BCUT2D eigenvalue weighted by Gasteiger charge is -2.60. The Morgan fingerprint density at radius 3 is 1.41 bits per heavy atom. The van der Waals surface area contributed by atoms with Gasteiger partial charge in [-0.2, -0.15) is 0 Å². The van der Waals surface area contributed by atoms with Crippen molar-refractivity contribution in [2.75, 3.05) is 42.2 Å². The second kappa shape index (κ2) is 10.5. The SMILES string of the molecule is CS1(CCCNS(=O)(=O)c2ccccc2)CS(C)(CCCNS(=O)(=O)c2ccccc2)O1. The highest BCUT2D eigenvalue weighted by molar-refractivity contribution is 8.56. The summed E-state index contributed by atoms with van der Waals surface area (Å²) < 4.78 is 60.8. The van der Waals surface area contributed by atoms with E-state index in [1.807, 2.05) is 0 Å². The largest absolute Gasteiger partial charge is 0.289 e. The van der Waals surface area contributed by atoms with Crippen LogP contribution in [0.15, 0.2) is 70.5 Å². The zero-order valence-electron chi connectivity index (χ0n) is 18.4. The van der Waals surface area contributed by atoms with E-state index in [1.165, 1.54) is 0 Å². The fourth-order valence-electron chi connectivity index (χ4n) is 3.64. The summed E-state index contributed by atoms with van der Waals surface area (Å²) in [5, 5.41) is 1.02. The van der Waals surface area contributed by atoms with Crippen LogP contribution in [0.25, 0.3) is 0 Å². The molecule has 0 radical (unpaired) electrons. The maximum Gasteiger partial charge on any atom is 0.240 e. The Bertz CT molecular complexity index is 1000. The van der Waals surface area contributed by atoms with Crippen LogP contribution in [0.5, 0.6) is 0 Å². The summed E-state index contributed by atoms with van der Waals surface area (Å²) in [4.78, 5) is 0.553. The molecule has 1 saturated heterocycles. The number of nitrogens with one attached hydrogen (secondary N) is 2. The van der Waals surface area contributed by atoms with E-state index in [0.29, 0.717) is 13.1 Å². The van der Waals surface area contributed by atoms with Crippen molar-refractivity contribution >= 4 is 40.7 Å². The van der Waals surface area contributed by atoms with E-state index in [4.69, 9.17) is 3.63 Å². The summed E-state index contributed by atoms with van der Waals surface area (Å²) in [7, 11) is -9.29. The van der Waals surface area contributed by atoms with E-state index in [0.717, 1.165) is 29.4 Å². The molecule has 2 N–H and O–H groups in total. The monoisotopic (exact) mass is 520 g/mol. The number of hydrogen-bond acceptors (Lipinski definition) is 5. The van der Waals surface area contributed by atoms with Gasteiger partial charge in [-0.05, 0) is 49.6 Å². The van der Waals surface area contributed by atoms with Crippen molar-refractivity contribution in [3.8, 4) is 0 Å². The minimum Gasteiger partial charge on any atom is -0.289 e. The molecule has 2 unspecified atom stereocenters. The first-order chi connectivity index (χ1) is 15.0. The molecular formula is C21H32N2O5S4. The highest BCUT2D eigenvalue weighted by Gasteiger charge is 2.42. The normalized spacial score (nSPS) is 27.6. The molecule has 1 fully saturated rings. The van der Waals surface area contributed by atoms with Crippen molar-refractivity contribution in [3.05, 3.63) is 60.7 Å². The van der Waals surface area contributed by atoms with E-state index < -0.39 is 40.7 Å². The molecule has 1 aliphatic heterocycles. The van der Waals surface area contributed by atoms with E-state index >= 15 is 0 Å². The lowest BCUT2D eigenvalue weighted by molar-refractivity contribution is 0.579. The third-order valence-electron chi connectivity index (χ3n) is 5.02. The molecule has 0 spiro atoms. The summed E-state index contributed by atoms with van der Waals surface area (Å²) in [5.41, 5.74) is 0. The lowest BCUT2D eigenvalue weighted by Crippen LogP contribution is -2.33. The van der Waals surface area contributed by atoms with Gasteiger partial charge in [-0.15, -0.1) is 20.6 Å². The van der Waals surface area contributed by atoms with Gasteiger partial charge >= 0.3 is 0 Å². The van der Waals surface area contributed by atoms with Gasteiger partial charge in [-0.25, -0.2) is 26.3 Å². The van der Waals surface area contributed by atoms with Crippen molar-refractivity contribution in [1.82, 2.24) is 9.44 Å². The highest BCUT2D eigenvalue weighted by Crippen LogP contribution is 2.77. The molecule has 0 saturated carbocycles. The standard InChI is InChI=1S/C21H32N2O5S4/c1-29(17-9-15-22-31(24,25)20-11-5-3-6-12-20)19-30(2,28-29)18-10-16-23-32(26,27)21-13-7-4-8-14-21/h3-8,11-14,22-23H,9-10,15-19H2,1-2H3. The minimum atomic E-state index is -3.47. The molecule has 1 heterocycles. The van der Waals surface area contributed by atoms with Crippen LogP contribution in [0.3, 0.4) is 0 Å². The van der Waals surface area contributed by atoms with Crippen molar-refractivity contribution in [2.24, 2.45) is 0 Å². The van der Waals surface area contributed by atoms with Crippen LogP contribution in [0.1, 0.15) is 12.8 Å². The Morgan fingerprint density at radius 1 is 0.719 bits per heavy atom. The van der Waals surface area contributed by atoms with Gasteiger partial charge in [-0.1, -0.05) is 36.4 Å².